The minimum atomic E-state index is -0.754. The van der Waals surface area contributed by atoms with Gasteiger partial charge in [-0.3, -0.25) is 4.79 Å². The van der Waals surface area contributed by atoms with E-state index in [1.54, 1.807) is 0 Å². The highest BCUT2D eigenvalue weighted by molar-refractivity contribution is 5.68. The zero-order valence-electron chi connectivity index (χ0n) is 11.5. The molecule has 5 heteroatoms. The molecular formula is C14H21N3O2. The van der Waals surface area contributed by atoms with Crippen molar-refractivity contribution < 1.29 is 9.90 Å². The van der Waals surface area contributed by atoms with E-state index in [0.717, 1.165) is 31.4 Å². The van der Waals surface area contributed by atoms with Gasteiger partial charge >= 0.3 is 5.97 Å². The average Bonchev–Trinajstić information content (AvgIpc) is 2.39. The molecule has 0 amide bonds. The van der Waals surface area contributed by atoms with Crippen molar-refractivity contribution in [3.8, 4) is 0 Å². The van der Waals surface area contributed by atoms with E-state index < -0.39 is 5.97 Å². The normalized spacial score (nSPS) is 19.7. The fraction of sp³-hybridized carbons (Fsp3) is 0.643. The Morgan fingerprint density at radius 3 is 2.68 bits per heavy atom. The third-order valence-corrected chi connectivity index (χ3v) is 3.62. The summed E-state index contributed by atoms with van der Waals surface area (Å²) in [4.78, 5) is 21.8. The number of rotatable bonds is 4. The van der Waals surface area contributed by atoms with E-state index in [-0.39, 0.29) is 12.5 Å². The van der Waals surface area contributed by atoms with Gasteiger partial charge in [-0.25, -0.2) is 9.97 Å². The van der Waals surface area contributed by atoms with E-state index >= 15 is 0 Å². The number of carboxylic acid groups (broad SMARTS) is 1. The number of aromatic nitrogens is 2. The molecular weight excluding hydrogens is 242 g/mol. The molecule has 1 fully saturated rings. The Hall–Kier alpha value is -1.65. The first-order chi connectivity index (χ1) is 9.08. The topological polar surface area (TPSA) is 66.3 Å². The molecule has 1 saturated heterocycles. The van der Waals surface area contributed by atoms with Crippen LogP contribution in [0.2, 0.25) is 0 Å². The van der Waals surface area contributed by atoms with Gasteiger partial charge in [-0.15, -0.1) is 0 Å². The SMILES string of the molecule is CC(C)c1cnc(N2CCCCC2CC(=O)O)nc1. The summed E-state index contributed by atoms with van der Waals surface area (Å²) in [6, 6.07) is 0.0242. The molecule has 19 heavy (non-hydrogen) atoms. The minimum absolute atomic E-state index is 0.0242. The maximum absolute atomic E-state index is 10.9. The number of nitrogens with zero attached hydrogens (tertiary/aromatic N) is 3. The second kappa shape index (κ2) is 5.99. The monoisotopic (exact) mass is 263 g/mol. The maximum Gasteiger partial charge on any atom is 0.305 e. The molecule has 104 valence electrons. The molecule has 1 aliphatic heterocycles. The predicted octanol–water partition coefficient (Wildman–Crippen LogP) is 2.43. The summed E-state index contributed by atoms with van der Waals surface area (Å²) in [5.41, 5.74) is 1.11. The number of carbonyl (C=O) groups is 1. The Morgan fingerprint density at radius 2 is 2.11 bits per heavy atom. The van der Waals surface area contributed by atoms with Gasteiger partial charge in [0.05, 0.1) is 6.42 Å². The molecule has 1 aromatic heterocycles. The fourth-order valence-electron chi connectivity index (χ4n) is 2.46. The summed E-state index contributed by atoms with van der Waals surface area (Å²) in [6.45, 7) is 5.05. The number of hydrogen-bond acceptors (Lipinski definition) is 4. The molecule has 0 aromatic carbocycles. The van der Waals surface area contributed by atoms with Crippen LogP contribution in [-0.2, 0) is 4.79 Å². The Labute approximate surface area is 113 Å². The van der Waals surface area contributed by atoms with Crippen molar-refractivity contribution in [1.29, 1.82) is 0 Å². The number of anilines is 1. The lowest BCUT2D eigenvalue weighted by Gasteiger charge is -2.34. The molecule has 2 rings (SSSR count). The molecule has 1 aliphatic rings. The summed E-state index contributed by atoms with van der Waals surface area (Å²) in [6.07, 6.45) is 6.92. The summed E-state index contributed by atoms with van der Waals surface area (Å²) in [7, 11) is 0. The second-order valence-corrected chi connectivity index (χ2v) is 5.41. The first-order valence-corrected chi connectivity index (χ1v) is 6.88. The molecule has 1 atom stereocenters. The van der Waals surface area contributed by atoms with Crippen LogP contribution in [0.5, 0.6) is 0 Å². The minimum Gasteiger partial charge on any atom is -0.481 e. The van der Waals surface area contributed by atoms with Gasteiger partial charge in [0.2, 0.25) is 5.95 Å². The van der Waals surface area contributed by atoms with Gasteiger partial charge in [-0.2, -0.15) is 0 Å². The van der Waals surface area contributed by atoms with Gasteiger partial charge in [0.25, 0.3) is 0 Å². The first-order valence-electron chi connectivity index (χ1n) is 6.88. The van der Waals surface area contributed by atoms with Crippen molar-refractivity contribution in [2.45, 2.75) is 51.5 Å². The van der Waals surface area contributed by atoms with Crippen LogP contribution < -0.4 is 4.90 Å². The van der Waals surface area contributed by atoms with Crippen molar-refractivity contribution in [3.05, 3.63) is 18.0 Å². The Morgan fingerprint density at radius 1 is 1.42 bits per heavy atom. The Kier molecular flexibility index (Phi) is 4.35. The van der Waals surface area contributed by atoms with Crippen molar-refractivity contribution >= 4 is 11.9 Å². The predicted molar refractivity (Wildman–Crippen MR) is 73.4 cm³/mol. The third kappa shape index (κ3) is 3.43. The number of aliphatic carboxylic acids is 1. The number of piperidine rings is 1. The number of hydrogen-bond donors (Lipinski definition) is 1. The molecule has 1 aromatic rings. The molecule has 2 heterocycles. The van der Waals surface area contributed by atoms with Crippen LogP contribution in [0.1, 0.15) is 51.0 Å². The summed E-state index contributed by atoms with van der Waals surface area (Å²) in [5, 5.41) is 8.98. The lowest BCUT2D eigenvalue weighted by Crippen LogP contribution is -2.41. The zero-order chi connectivity index (χ0) is 13.8. The second-order valence-electron chi connectivity index (χ2n) is 5.41. The van der Waals surface area contributed by atoms with E-state index in [1.165, 1.54) is 0 Å². The van der Waals surface area contributed by atoms with Gasteiger partial charge in [0.1, 0.15) is 0 Å². The van der Waals surface area contributed by atoms with E-state index in [2.05, 4.69) is 23.8 Å². The molecule has 1 N–H and O–H groups in total. The van der Waals surface area contributed by atoms with Gasteiger partial charge in [-0.1, -0.05) is 13.8 Å². The average molecular weight is 263 g/mol. The lowest BCUT2D eigenvalue weighted by atomic mass is 10.00. The molecule has 0 bridgehead atoms. The summed E-state index contributed by atoms with van der Waals surface area (Å²) < 4.78 is 0. The van der Waals surface area contributed by atoms with Crippen LogP contribution in [0.4, 0.5) is 5.95 Å². The van der Waals surface area contributed by atoms with E-state index in [0.29, 0.717) is 11.9 Å². The highest BCUT2D eigenvalue weighted by atomic mass is 16.4. The molecule has 0 aliphatic carbocycles. The largest absolute Gasteiger partial charge is 0.481 e. The first kappa shape index (κ1) is 13.8. The number of carboxylic acids is 1. The van der Waals surface area contributed by atoms with Crippen LogP contribution in [0.25, 0.3) is 0 Å². The molecule has 5 nitrogen and oxygen atoms in total. The maximum atomic E-state index is 10.9. The van der Waals surface area contributed by atoms with Crippen LogP contribution in [0.3, 0.4) is 0 Å². The summed E-state index contributed by atoms with van der Waals surface area (Å²) in [5.74, 6) is 0.316. The van der Waals surface area contributed by atoms with Crippen molar-refractivity contribution in [2.75, 3.05) is 11.4 Å². The van der Waals surface area contributed by atoms with E-state index in [9.17, 15) is 4.79 Å². The van der Waals surface area contributed by atoms with Crippen LogP contribution >= 0.6 is 0 Å². The van der Waals surface area contributed by atoms with Crippen molar-refractivity contribution in [2.24, 2.45) is 0 Å². The molecule has 1 unspecified atom stereocenters. The zero-order valence-corrected chi connectivity index (χ0v) is 11.5. The van der Waals surface area contributed by atoms with Gasteiger partial charge in [0.15, 0.2) is 0 Å². The fourth-order valence-corrected chi connectivity index (χ4v) is 2.46. The Balaban J connectivity index is 2.15. The molecule has 0 saturated carbocycles. The highest BCUT2D eigenvalue weighted by Crippen LogP contribution is 2.24. The smallest absolute Gasteiger partial charge is 0.305 e. The van der Waals surface area contributed by atoms with E-state index in [1.807, 2.05) is 17.3 Å². The van der Waals surface area contributed by atoms with E-state index in [4.69, 9.17) is 5.11 Å². The van der Waals surface area contributed by atoms with Crippen LogP contribution in [0.15, 0.2) is 12.4 Å². The van der Waals surface area contributed by atoms with Crippen LogP contribution in [-0.4, -0.2) is 33.6 Å². The van der Waals surface area contributed by atoms with Gasteiger partial charge in [0, 0.05) is 25.0 Å². The molecule has 0 spiro atoms. The van der Waals surface area contributed by atoms with Crippen LogP contribution in [0, 0.1) is 0 Å². The lowest BCUT2D eigenvalue weighted by molar-refractivity contribution is -0.137. The van der Waals surface area contributed by atoms with Gasteiger partial charge < -0.3 is 10.0 Å². The molecule has 0 radical (unpaired) electrons. The third-order valence-electron chi connectivity index (χ3n) is 3.62. The summed E-state index contributed by atoms with van der Waals surface area (Å²) >= 11 is 0. The standard InChI is InChI=1S/C14H21N3O2/c1-10(2)11-8-15-14(16-9-11)17-6-4-3-5-12(17)7-13(18)19/h8-10,12H,3-7H2,1-2H3,(H,18,19). The Bertz CT molecular complexity index is 431. The highest BCUT2D eigenvalue weighted by Gasteiger charge is 2.26. The van der Waals surface area contributed by atoms with Crippen molar-refractivity contribution in [3.63, 3.8) is 0 Å². The van der Waals surface area contributed by atoms with Crippen molar-refractivity contribution in [1.82, 2.24) is 9.97 Å². The quantitative estimate of drug-likeness (QED) is 0.903. The van der Waals surface area contributed by atoms with Gasteiger partial charge in [-0.05, 0) is 30.7 Å².